The van der Waals surface area contributed by atoms with Crippen LogP contribution in [0.25, 0.3) is 0 Å². The summed E-state index contributed by atoms with van der Waals surface area (Å²) >= 11 is 6.13. The zero-order valence-electron chi connectivity index (χ0n) is 9.97. The molecule has 98 valence electrons. The Morgan fingerprint density at radius 1 is 1.39 bits per heavy atom. The molecule has 4 nitrogen and oxygen atoms in total. The van der Waals surface area contributed by atoms with Gasteiger partial charge in [-0.25, -0.2) is 4.79 Å². The summed E-state index contributed by atoms with van der Waals surface area (Å²) in [5.74, 6) is -1.27. The van der Waals surface area contributed by atoms with Gasteiger partial charge in [-0.15, -0.1) is 0 Å². The number of aliphatic carboxylic acids is 1. The van der Waals surface area contributed by atoms with Crippen molar-refractivity contribution in [1.82, 2.24) is 4.90 Å². The number of aliphatic hydroxyl groups is 1. The first-order chi connectivity index (χ1) is 8.58. The van der Waals surface area contributed by atoms with Crippen LogP contribution in [-0.4, -0.2) is 34.2 Å². The molecular formula is C13H16ClNO3. The van der Waals surface area contributed by atoms with Gasteiger partial charge in [0.15, 0.2) is 6.10 Å². The van der Waals surface area contributed by atoms with Gasteiger partial charge in [0.2, 0.25) is 0 Å². The molecule has 1 fully saturated rings. The summed E-state index contributed by atoms with van der Waals surface area (Å²) in [5.41, 5.74) is 1.29. The van der Waals surface area contributed by atoms with Crippen LogP contribution in [0.5, 0.6) is 0 Å². The highest BCUT2D eigenvalue weighted by atomic mass is 35.5. The second kappa shape index (κ2) is 5.69. The van der Waals surface area contributed by atoms with Crippen molar-refractivity contribution in [1.29, 1.82) is 0 Å². The molecule has 1 aromatic carbocycles. The maximum atomic E-state index is 10.7. The molecule has 18 heavy (non-hydrogen) atoms. The monoisotopic (exact) mass is 269 g/mol. The number of carboxylic acids is 1. The maximum Gasteiger partial charge on any atom is 0.337 e. The highest BCUT2D eigenvalue weighted by molar-refractivity contribution is 6.31. The fraction of sp³-hybridized carbons (Fsp3) is 0.462. The van der Waals surface area contributed by atoms with Gasteiger partial charge < -0.3 is 10.2 Å². The van der Waals surface area contributed by atoms with E-state index in [1.807, 2.05) is 0 Å². The molecule has 0 aromatic heterocycles. The number of rotatable bonds is 4. The molecule has 1 aliphatic rings. The Kier molecular flexibility index (Phi) is 4.22. The zero-order chi connectivity index (χ0) is 13.1. The van der Waals surface area contributed by atoms with Crippen LogP contribution in [0.2, 0.25) is 5.02 Å². The molecule has 0 bridgehead atoms. The number of hydrogen-bond acceptors (Lipinski definition) is 3. The van der Waals surface area contributed by atoms with Crippen molar-refractivity contribution in [2.45, 2.75) is 25.5 Å². The van der Waals surface area contributed by atoms with Crippen molar-refractivity contribution < 1.29 is 15.0 Å². The normalized spacial score (nSPS) is 17.9. The van der Waals surface area contributed by atoms with Crippen LogP contribution in [-0.2, 0) is 11.3 Å². The molecular weight excluding hydrogens is 254 g/mol. The number of hydrogen-bond donors (Lipinski definition) is 2. The van der Waals surface area contributed by atoms with Gasteiger partial charge in [-0.3, -0.25) is 4.90 Å². The Morgan fingerprint density at radius 2 is 2.06 bits per heavy atom. The van der Waals surface area contributed by atoms with E-state index < -0.39 is 12.1 Å². The average molecular weight is 270 g/mol. The highest BCUT2D eigenvalue weighted by Crippen LogP contribution is 2.24. The molecule has 0 aliphatic carbocycles. The van der Waals surface area contributed by atoms with Crippen molar-refractivity contribution in [3.8, 4) is 0 Å². The van der Waals surface area contributed by atoms with Gasteiger partial charge >= 0.3 is 5.97 Å². The van der Waals surface area contributed by atoms with E-state index in [9.17, 15) is 9.90 Å². The lowest BCUT2D eigenvalue weighted by atomic mass is 10.1. The molecule has 1 atom stereocenters. The maximum absolute atomic E-state index is 10.7. The van der Waals surface area contributed by atoms with E-state index in [4.69, 9.17) is 16.7 Å². The predicted molar refractivity (Wildman–Crippen MR) is 68.6 cm³/mol. The van der Waals surface area contributed by atoms with Crippen LogP contribution in [0, 0.1) is 0 Å². The third-order valence-corrected chi connectivity index (χ3v) is 3.57. The molecule has 1 aromatic rings. The highest BCUT2D eigenvalue weighted by Gasteiger charge is 2.18. The minimum Gasteiger partial charge on any atom is -0.479 e. The van der Waals surface area contributed by atoms with Gasteiger partial charge in [-0.05, 0) is 43.1 Å². The van der Waals surface area contributed by atoms with Crippen molar-refractivity contribution in [3.63, 3.8) is 0 Å². The van der Waals surface area contributed by atoms with E-state index in [0.717, 1.165) is 25.2 Å². The third kappa shape index (κ3) is 3.02. The zero-order valence-corrected chi connectivity index (χ0v) is 10.7. The van der Waals surface area contributed by atoms with Gasteiger partial charge in [0, 0.05) is 11.6 Å². The summed E-state index contributed by atoms with van der Waals surface area (Å²) in [6.45, 7) is 2.94. The second-order valence-electron chi connectivity index (χ2n) is 4.57. The van der Waals surface area contributed by atoms with Crippen LogP contribution in [0.4, 0.5) is 0 Å². The third-order valence-electron chi connectivity index (χ3n) is 3.22. The van der Waals surface area contributed by atoms with Crippen LogP contribution < -0.4 is 0 Å². The fourth-order valence-electron chi connectivity index (χ4n) is 2.19. The van der Waals surface area contributed by atoms with Gasteiger partial charge in [0.1, 0.15) is 0 Å². The summed E-state index contributed by atoms with van der Waals surface area (Å²) < 4.78 is 0. The van der Waals surface area contributed by atoms with E-state index in [1.165, 1.54) is 18.9 Å². The second-order valence-corrected chi connectivity index (χ2v) is 4.98. The minimum absolute atomic E-state index is 0.317. The first kappa shape index (κ1) is 13.3. The Morgan fingerprint density at radius 3 is 2.61 bits per heavy atom. The van der Waals surface area contributed by atoms with Crippen LogP contribution in [0.15, 0.2) is 18.2 Å². The Labute approximate surface area is 111 Å². The van der Waals surface area contributed by atoms with E-state index in [2.05, 4.69) is 4.90 Å². The fourth-order valence-corrected chi connectivity index (χ4v) is 2.43. The van der Waals surface area contributed by atoms with Crippen LogP contribution >= 0.6 is 11.6 Å². The lowest BCUT2D eigenvalue weighted by Gasteiger charge is -2.16. The quantitative estimate of drug-likeness (QED) is 0.878. The van der Waals surface area contributed by atoms with Crippen molar-refractivity contribution in [3.05, 3.63) is 34.3 Å². The van der Waals surface area contributed by atoms with E-state index in [1.54, 1.807) is 12.1 Å². The lowest BCUT2D eigenvalue weighted by molar-refractivity contribution is -0.146. The van der Waals surface area contributed by atoms with E-state index in [-0.39, 0.29) is 0 Å². The summed E-state index contributed by atoms with van der Waals surface area (Å²) in [7, 11) is 0. The summed E-state index contributed by atoms with van der Waals surface area (Å²) in [6, 6.07) is 4.95. The van der Waals surface area contributed by atoms with Crippen molar-refractivity contribution >= 4 is 17.6 Å². The lowest BCUT2D eigenvalue weighted by Crippen LogP contribution is -2.18. The topological polar surface area (TPSA) is 60.8 Å². The molecule has 1 heterocycles. The average Bonchev–Trinajstić information content (AvgIpc) is 2.83. The number of carbonyl (C=O) groups is 1. The number of nitrogens with zero attached hydrogens (tertiary/aromatic N) is 1. The smallest absolute Gasteiger partial charge is 0.337 e. The van der Waals surface area contributed by atoms with Gasteiger partial charge in [-0.2, -0.15) is 0 Å². The predicted octanol–water partition coefficient (Wildman–Crippen LogP) is 2.05. The summed E-state index contributed by atoms with van der Waals surface area (Å²) in [5, 5.41) is 18.7. The molecule has 1 saturated heterocycles. The number of halogens is 1. The van der Waals surface area contributed by atoms with Crippen LogP contribution in [0.1, 0.15) is 30.1 Å². The van der Waals surface area contributed by atoms with Crippen molar-refractivity contribution in [2.24, 2.45) is 0 Å². The molecule has 1 unspecified atom stereocenters. The molecule has 5 heteroatoms. The van der Waals surface area contributed by atoms with E-state index in [0.29, 0.717) is 10.6 Å². The SMILES string of the molecule is O=C(O)C(O)c1ccc(CN2CCCC2)c(Cl)c1. The molecule has 0 saturated carbocycles. The first-order valence-electron chi connectivity index (χ1n) is 5.99. The molecule has 0 radical (unpaired) electrons. The van der Waals surface area contributed by atoms with Crippen LogP contribution in [0.3, 0.4) is 0 Å². The molecule has 2 rings (SSSR count). The largest absolute Gasteiger partial charge is 0.479 e. The summed E-state index contributed by atoms with van der Waals surface area (Å²) in [6.07, 6.45) is 0.921. The summed E-state index contributed by atoms with van der Waals surface area (Å²) in [4.78, 5) is 13.0. The molecule has 2 N–H and O–H groups in total. The standard InChI is InChI=1S/C13H16ClNO3/c14-11-7-9(12(16)13(17)18)3-4-10(11)8-15-5-1-2-6-15/h3-4,7,12,16H,1-2,5-6,8H2,(H,17,18). The molecule has 1 aliphatic heterocycles. The van der Waals surface area contributed by atoms with Gasteiger partial charge in [0.05, 0.1) is 0 Å². The number of carboxylic acid groups (broad SMARTS) is 1. The Bertz CT molecular complexity index is 444. The number of benzene rings is 1. The first-order valence-corrected chi connectivity index (χ1v) is 6.37. The van der Waals surface area contributed by atoms with Gasteiger partial charge in [0.25, 0.3) is 0 Å². The molecule has 0 spiro atoms. The Hall–Kier alpha value is -1.10. The molecule has 0 amide bonds. The Balaban J connectivity index is 2.11. The van der Waals surface area contributed by atoms with Gasteiger partial charge in [-0.1, -0.05) is 23.7 Å². The number of aliphatic hydroxyl groups excluding tert-OH is 1. The van der Waals surface area contributed by atoms with Crippen molar-refractivity contribution in [2.75, 3.05) is 13.1 Å². The minimum atomic E-state index is -1.51. The number of likely N-dealkylation sites (tertiary alicyclic amines) is 1. The van der Waals surface area contributed by atoms with E-state index >= 15 is 0 Å².